The van der Waals surface area contributed by atoms with Crippen LogP contribution in [-0.4, -0.2) is 56.8 Å². The maximum absolute atomic E-state index is 14.1. The molecule has 2 aromatic heterocycles. The maximum atomic E-state index is 14.1. The minimum absolute atomic E-state index is 0.0576. The fraction of sp³-hybridized carbons (Fsp3) is 0.483. The van der Waals surface area contributed by atoms with E-state index in [2.05, 4.69) is 20.0 Å². The number of anilines is 1. The highest BCUT2D eigenvalue weighted by Crippen LogP contribution is 2.56. The quantitative estimate of drug-likeness (QED) is 0.151. The number of hydrogen-bond acceptors (Lipinski definition) is 11. The Morgan fingerprint density at radius 2 is 1.95 bits per heavy atom. The first-order chi connectivity index (χ1) is 21.0. The van der Waals surface area contributed by atoms with Gasteiger partial charge in [0.25, 0.3) is 5.56 Å². The Balaban J connectivity index is 1.59. The molecule has 2 heterocycles. The summed E-state index contributed by atoms with van der Waals surface area (Å²) in [5.74, 6) is -0.789. The molecule has 2 unspecified atom stereocenters. The third-order valence-corrected chi connectivity index (χ3v) is 8.62. The van der Waals surface area contributed by atoms with Gasteiger partial charge in [-0.3, -0.25) is 28.5 Å². The van der Waals surface area contributed by atoms with Crippen molar-refractivity contribution in [2.45, 2.75) is 71.9 Å². The standard InChI is InChI=1S/C29H39N6O8P/c1-5-10-19(3)42-27(38)20(4)34-44(39,43-22-12-8-7-9-13-22)41-17-29(16-40-23(36)11-6-2)14-21(29)15-35-18-31-24-25(35)32-28(30)33-26(24)37/h7-9,12-13,15,18-20H,5-6,10-11,14,16-17H2,1-4H3,(H,34,39)(H3,30,32,33,37)/b21-15-/t19-,20-,29?,44?/m0/s1. The Hall–Kier alpha value is -4.00. The highest BCUT2D eigenvalue weighted by Gasteiger charge is 2.52. The second-order valence-corrected chi connectivity index (χ2v) is 12.6. The molecule has 44 heavy (non-hydrogen) atoms. The zero-order valence-corrected chi connectivity index (χ0v) is 26.2. The lowest BCUT2D eigenvalue weighted by atomic mass is 10.1. The number of aromatic nitrogens is 4. The van der Waals surface area contributed by atoms with Gasteiger partial charge >= 0.3 is 19.7 Å². The summed E-state index contributed by atoms with van der Waals surface area (Å²) in [4.78, 5) is 48.0. The number of carbonyl (C=O) groups is 2. The molecule has 1 aliphatic carbocycles. The molecule has 3 aromatic rings. The Morgan fingerprint density at radius 1 is 1.20 bits per heavy atom. The number of nitrogen functional groups attached to an aromatic ring is 1. The molecular weight excluding hydrogens is 591 g/mol. The lowest BCUT2D eigenvalue weighted by Gasteiger charge is -2.25. The molecule has 0 saturated heterocycles. The number of nitrogens with one attached hydrogen (secondary N) is 2. The minimum atomic E-state index is -4.19. The highest BCUT2D eigenvalue weighted by atomic mass is 31.2. The number of rotatable bonds is 16. The number of aromatic amines is 1. The summed E-state index contributed by atoms with van der Waals surface area (Å²) >= 11 is 0. The number of esters is 2. The Bertz CT molecular complexity index is 1610. The molecule has 15 heteroatoms. The first-order valence-corrected chi connectivity index (χ1v) is 16.1. The zero-order valence-electron chi connectivity index (χ0n) is 25.3. The van der Waals surface area contributed by atoms with Crippen LogP contribution in [-0.2, 0) is 28.2 Å². The highest BCUT2D eigenvalue weighted by molar-refractivity contribution is 7.52. The number of benzene rings is 1. The Morgan fingerprint density at radius 3 is 2.66 bits per heavy atom. The van der Waals surface area contributed by atoms with Crippen molar-refractivity contribution in [2.75, 3.05) is 18.9 Å². The van der Waals surface area contributed by atoms with Gasteiger partial charge in [-0.15, -0.1) is 0 Å². The number of H-pyrrole nitrogens is 1. The third-order valence-electron chi connectivity index (χ3n) is 6.99. The smallest absolute Gasteiger partial charge is 0.459 e. The normalized spacial score (nSPS) is 19.7. The van der Waals surface area contributed by atoms with E-state index in [1.807, 2.05) is 13.8 Å². The summed E-state index contributed by atoms with van der Waals surface area (Å²) in [6, 6.07) is 7.39. The summed E-state index contributed by atoms with van der Waals surface area (Å²) in [7, 11) is -4.19. The van der Waals surface area contributed by atoms with Crippen molar-refractivity contribution in [1.82, 2.24) is 24.6 Å². The molecule has 1 aromatic carbocycles. The molecule has 4 rings (SSSR count). The Labute approximate surface area is 254 Å². The lowest BCUT2D eigenvalue weighted by Crippen LogP contribution is -2.37. The van der Waals surface area contributed by atoms with E-state index >= 15 is 0 Å². The minimum Gasteiger partial charge on any atom is -0.465 e. The predicted octanol–water partition coefficient (Wildman–Crippen LogP) is 4.19. The molecule has 4 N–H and O–H groups in total. The fourth-order valence-electron chi connectivity index (χ4n) is 4.51. The Kier molecular flexibility index (Phi) is 10.6. The molecule has 1 fully saturated rings. The van der Waals surface area contributed by atoms with Gasteiger partial charge in [0.15, 0.2) is 11.2 Å². The molecule has 0 radical (unpaired) electrons. The van der Waals surface area contributed by atoms with E-state index in [4.69, 9.17) is 24.3 Å². The van der Waals surface area contributed by atoms with Crippen LogP contribution in [0.15, 0.2) is 47.0 Å². The van der Waals surface area contributed by atoms with Crippen molar-refractivity contribution in [3.8, 4) is 5.75 Å². The van der Waals surface area contributed by atoms with Gasteiger partial charge in [-0.2, -0.15) is 10.1 Å². The molecule has 4 atom stereocenters. The van der Waals surface area contributed by atoms with E-state index < -0.39 is 30.7 Å². The average Bonchev–Trinajstić information content (AvgIpc) is 3.50. The van der Waals surface area contributed by atoms with Crippen LogP contribution in [0.3, 0.4) is 0 Å². The number of para-hydroxylation sites is 1. The SMILES string of the molecule is CCCC(=O)OCC1(COP(=O)(N[C@@H](C)C(=O)O[C@@H](C)CCC)Oc2ccccc2)C/C1=C/n1cnc2c(=O)[nH]c(N)nc21. The largest absolute Gasteiger partial charge is 0.465 e. The van der Waals surface area contributed by atoms with E-state index in [9.17, 15) is 18.9 Å². The second-order valence-electron chi connectivity index (χ2n) is 10.9. The molecule has 14 nitrogen and oxygen atoms in total. The number of hydrogen-bond donors (Lipinski definition) is 3. The topological polar surface area (TPSA) is 190 Å². The number of nitrogens with two attached hydrogens (primary N) is 1. The molecule has 1 aliphatic rings. The zero-order chi connectivity index (χ0) is 31.9. The molecule has 0 spiro atoms. The first kappa shape index (κ1) is 32.9. The maximum Gasteiger partial charge on any atom is 0.459 e. The monoisotopic (exact) mass is 630 g/mol. The van der Waals surface area contributed by atoms with Gasteiger partial charge in [-0.25, -0.2) is 9.55 Å². The van der Waals surface area contributed by atoms with E-state index in [0.717, 1.165) is 12.0 Å². The number of ether oxygens (including phenoxy) is 2. The predicted molar refractivity (Wildman–Crippen MR) is 163 cm³/mol. The number of fused-ring (bicyclic) bond motifs is 1. The first-order valence-electron chi connectivity index (χ1n) is 14.5. The van der Waals surface area contributed by atoms with Crippen molar-refractivity contribution < 1.29 is 32.7 Å². The average molecular weight is 631 g/mol. The summed E-state index contributed by atoms with van der Waals surface area (Å²) < 4.78 is 38.5. The van der Waals surface area contributed by atoms with Crippen molar-refractivity contribution in [2.24, 2.45) is 5.41 Å². The van der Waals surface area contributed by atoms with Crippen LogP contribution < -0.4 is 20.9 Å². The molecular formula is C29H39N6O8P. The number of imidazole rings is 1. The van der Waals surface area contributed by atoms with Gasteiger partial charge in [0, 0.05) is 12.6 Å². The molecule has 1 saturated carbocycles. The van der Waals surface area contributed by atoms with Crippen LogP contribution in [0.25, 0.3) is 17.4 Å². The van der Waals surface area contributed by atoms with Gasteiger partial charge in [0.1, 0.15) is 24.7 Å². The summed E-state index contributed by atoms with van der Waals surface area (Å²) in [6.07, 6.45) is 5.58. The molecule has 0 amide bonds. The van der Waals surface area contributed by atoms with E-state index in [1.165, 1.54) is 13.3 Å². The van der Waals surface area contributed by atoms with Crippen LogP contribution in [0.2, 0.25) is 0 Å². The van der Waals surface area contributed by atoms with E-state index in [0.29, 0.717) is 19.3 Å². The van der Waals surface area contributed by atoms with Crippen LogP contribution >= 0.6 is 7.75 Å². The second kappa shape index (κ2) is 14.2. The van der Waals surface area contributed by atoms with Gasteiger partial charge in [-0.05, 0) is 50.8 Å². The summed E-state index contributed by atoms with van der Waals surface area (Å²) in [5, 5.41) is 2.70. The van der Waals surface area contributed by atoms with Gasteiger partial charge in [0.2, 0.25) is 5.95 Å². The van der Waals surface area contributed by atoms with Crippen LogP contribution in [0.5, 0.6) is 5.75 Å². The van der Waals surface area contributed by atoms with Crippen molar-refractivity contribution >= 4 is 43.0 Å². The molecule has 0 bridgehead atoms. The van der Waals surface area contributed by atoms with Crippen molar-refractivity contribution in [1.29, 1.82) is 0 Å². The third kappa shape index (κ3) is 8.34. The summed E-state index contributed by atoms with van der Waals surface area (Å²) in [6.45, 7) is 6.91. The van der Waals surface area contributed by atoms with Gasteiger partial charge in [0.05, 0.1) is 18.1 Å². The van der Waals surface area contributed by atoms with E-state index in [1.54, 1.807) is 48.0 Å². The number of carbonyl (C=O) groups excluding carboxylic acids is 2. The van der Waals surface area contributed by atoms with Crippen LogP contribution in [0.4, 0.5) is 5.95 Å². The van der Waals surface area contributed by atoms with E-state index in [-0.39, 0.29) is 54.6 Å². The fourth-order valence-corrected chi connectivity index (χ4v) is 6.08. The van der Waals surface area contributed by atoms with Gasteiger partial charge < -0.3 is 19.7 Å². The number of nitrogens with zero attached hydrogens (tertiary/aromatic N) is 3. The lowest BCUT2D eigenvalue weighted by molar-refractivity contribution is -0.150. The van der Waals surface area contributed by atoms with Crippen molar-refractivity contribution in [3.63, 3.8) is 0 Å². The molecule has 238 valence electrons. The summed E-state index contributed by atoms with van der Waals surface area (Å²) in [5.41, 5.74) is 5.49. The van der Waals surface area contributed by atoms with Gasteiger partial charge in [-0.1, -0.05) is 38.5 Å². The van der Waals surface area contributed by atoms with Crippen molar-refractivity contribution in [3.05, 3.63) is 52.6 Å². The molecule has 0 aliphatic heterocycles. The van der Waals surface area contributed by atoms with Crippen LogP contribution in [0.1, 0.15) is 59.8 Å². The van der Waals surface area contributed by atoms with Crippen LogP contribution in [0, 0.1) is 5.41 Å².